The Morgan fingerprint density at radius 3 is 2.57 bits per heavy atom. The number of rotatable bonds is 3. The minimum atomic E-state index is -4.68. The van der Waals surface area contributed by atoms with Crippen molar-refractivity contribution >= 4 is 21.9 Å². The van der Waals surface area contributed by atoms with Crippen molar-refractivity contribution < 1.29 is 27.8 Å². The zero-order valence-electron chi connectivity index (χ0n) is 10.2. The van der Waals surface area contributed by atoms with Gasteiger partial charge in [-0.15, -0.1) is 0 Å². The summed E-state index contributed by atoms with van der Waals surface area (Å²) in [5.74, 6) is -2.24. The Morgan fingerprint density at radius 2 is 1.95 bits per heavy atom. The molecule has 0 unspecified atom stereocenters. The van der Waals surface area contributed by atoms with E-state index in [2.05, 4.69) is 20.9 Å². The summed E-state index contributed by atoms with van der Waals surface area (Å²) in [5.41, 5.74) is -1.35. The summed E-state index contributed by atoms with van der Waals surface area (Å²) < 4.78 is 44.0. The number of aromatic nitrogens is 1. The topological polar surface area (TPSA) is 59.4 Å². The first-order valence-corrected chi connectivity index (χ1v) is 6.31. The average molecular weight is 362 g/mol. The SMILES string of the molecule is O=C(O)c1ccccc1Oc1ncc(Br)cc1C(F)(F)F. The maximum atomic E-state index is 12.9. The second kappa shape index (κ2) is 5.72. The van der Waals surface area contributed by atoms with E-state index < -0.39 is 23.6 Å². The van der Waals surface area contributed by atoms with Crippen molar-refractivity contribution in [3.8, 4) is 11.6 Å². The van der Waals surface area contributed by atoms with Gasteiger partial charge >= 0.3 is 12.1 Å². The number of benzene rings is 1. The number of hydrogen-bond acceptors (Lipinski definition) is 3. The molecule has 2 aromatic rings. The van der Waals surface area contributed by atoms with Gasteiger partial charge in [-0.1, -0.05) is 12.1 Å². The van der Waals surface area contributed by atoms with Crippen molar-refractivity contribution in [3.63, 3.8) is 0 Å². The minimum absolute atomic E-state index is 0.133. The third-order valence-electron chi connectivity index (χ3n) is 2.45. The molecule has 0 aliphatic heterocycles. The van der Waals surface area contributed by atoms with E-state index in [4.69, 9.17) is 9.84 Å². The predicted molar refractivity (Wildman–Crippen MR) is 70.4 cm³/mol. The number of pyridine rings is 1. The van der Waals surface area contributed by atoms with Crippen LogP contribution in [0.5, 0.6) is 11.6 Å². The molecule has 21 heavy (non-hydrogen) atoms. The van der Waals surface area contributed by atoms with E-state index in [-0.39, 0.29) is 15.8 Å². The van der Waals surface area contributed by atoms with E-state index in [0.29, 0.717) is 0 Å². The highest BCUT2D eigenvalue weighted by Crippen LogP contribution is 2.38. The number of carbonyl (C=O) groups is 1. The minimum Gasteiger partial charge on any atom is -0.478 e. The molecule has 0 spiro atoms. The molecule has 110 valence electrons. The highest BCUT2D eigenvalue weighted by molar-refractivity contribution is 9.10. The highest BCUT2D eigenvalue weighted by Gasteiger charge is 2.36. The number of alkyl halides is 3. The second-order valence-electron chi connectivity index (χ2n) is 3.91. The summed E-state index contributed by atoms with van der Waals surface area (Å²) in [7, 11) is 0. The van der Waals surface area contributed by atoms with Gasteiger partial charge in [-0.3, -0.25) is 0 Å². The smallest absolute Gasteiger partial charge is 0.421 e. The van der Waals surface area contributed by atoms with Gasteiger partial charge in [0.25, 0.3) is 0 Å². The lowest BCUT2D eigenvalue weighted by Gasteiger charge is -2.13. The van der Waals surface area contributed by atoms with Crippen molar-refractivity contribution in [3.05, 3.63) is 52.1 Å². The van der Waals surface area contributed by atoms with E-state index in [9.17, 15) is 18.0 Å². The molecule has 8 heteroatoms. The van der Waals surface area contributed by atoms with Crippen LogP contribution in [-0.2, 0) is 6.18 Å². The number of para-hydroxylation sites is 1. The number of halogens is 4. The van der Waals surface area contributed by atoms with E-state index in [1.54, 1.807) is 0 Å². The first-order chi connectivity index (χ1) is 9.79. The molecule has 0 atom stereocenters. The molecule has 0 radical (unpaired) electrons. The summed E-state index contributed by atoms with van der Waals surface area (Å²) in [6.45, 7) is 0. The van der Waals surface area contributed by atoms with Gasteiger partial charge in [0.15, 0.2) is 0 Å². The number of ether oxygens (including phenoxy) is 1. The van der Waals surface area contributed by atoms with Gasteiger partial charge in [0.1, 0.15) is 16.9 Å². The maximum Gasteiger partial charge on any atom is 0.421 e. The first-order valence-electron chi connectivity index (χ1n) is 5.52. The van der Waals surface area contributed by atoms with Crippen LogP contribution in [0.25, 0.3) is 0 Å². The molecule has 2 rings (SSSR count). The monoisotopic (exact) mass is 361 g/mol. The van der Waals surface area contributed by atoms with E-state index in [0.717, 1.165) is 12.3 Å². The fourth-order valence-electron chi connectivity index (χ4n) is 1.55. The largest absolute Gasteiger partial charge is 0.478 e. The summed E-state index contributed by atoms with van der Waals surface area (Å²) in [4.78, 5) is 14.6. The Morgan fingerprint density at radius 1 is 1.29 bits per heavy atom. The van der Waals surface area contributed by atoms with Gasteiger partial charge in [0.2, 0.25) is 5.88 Å². The molecular weight excluding hydrogens is 355 g/mol. The van der Waals surface area contributed by atoms with Crippen molar-refractivity contribution in [2.45, 2.75) is 6.18 Å². The Hall–Kier alpha value is -2.09. The number of aromatic carboxylic acids is 1. The zero-order chi connectivity index (χ0) is 15.6. The fourth-order valence-corrected chi connectivity index (χ4v) is 1.88. The van der Waals surface area contributed by atoms with Crippen LogP contribution in [0.2, 0.25) is 0 Å². The number of hydrogen-bond donors (Lipinski definition) is 1. The van der Waals surface area contributed by atoms with Crippen LogP contribution in [0.1, 0.15) is 15.9 Å². The number of carboxylic acid groups (broad SMARTS) is 1. The van der Waals surface area contributed by atoms with E-state index in [1.165, 1.54) is 24.3 Å². The van der Waals surface area contributed by atoms with Gasteiger partial charge in [-0.2, -0.15) is 13.2 Å². The summed E-state index contributed by atoms with van der Waals surface area (Å²) in [5, 5.41) is 8.99. The van der Waals surface area contributed by atoms with Crippen molar-refractivity contribution in [1.82, 2.24) is 4.98 Å². The van der Waals surface area contributed by atoms with E-state index in [1.807, 2.05) is 0 Å². The third-order valence-corrected chi connectivity index (χ3v) is 2.88. The number of carboxylic acids is 1. The first kappa shape index (κ1) is 15.3. The molecule has 1 N–H and O–H groups in total. The van der Waals surface area contributed by atoms with Gasteiger partial charge in [0, 0.05) is 10.7 Å². The normalized spacial score (nSPS) is 11.2. The third kappa shape index (κ3) is 3.52. The summed E-state index contributed by atoms with van der Waals surface area (Å²) >= 11 is 2.90. The molecule has 0 bridgehead atoms. The lowest BCUT2D eigenvalue weighted by atomic mass is 10.2. The maximum absolute atomic E-state index is 12.9. The van der Waals surface area contributed by atoms with Crippen LogP contribution in [-0.4, -0.2) is 16.1 Å². The van der Waals surface area contributed by atoms with Crippen LogP contribution >= 0.6 is 15.9 Å². The molecule has 1 aromatic heterocycles. The molecule has 0 fully saturated rings. The molecular formula is C13H7BrF3NO3. The molecule has 0 aliphatic rings. The standard InChI is InChI=1S/C13H7BrF3NO3/c14-7-5-9(13(15,16)17)11(18-6-7)21-10-4-2-1-3-8(10)12(19)20/h1-6H,(H,19,20). The fraction of sp³-hybridized carbons (Fsp3) is 0.0769. The quantitative estimate of drug-likeness (QED) is 0.882. The number of nitrogens with zero attached hydrogens (tertiary/aromatic N) is 1. The Balaban J connectivity index is 2.48. The Bertz CT molecular complexity index is 689. The second-order valence-corrected chi connectivity index (χ2v) is 4.82. The molecule has 0 amide bonds. The van der Waals surface area contributed by atoms with Crippen LogP contribution in [0.3, 0.4) is 0 Å². The molecule has 0 saturated heterocycles. The predicted octanol–water partition coefficient (Wildman–Crippen LogP) is 4.35. The van der Waals surface area contributed by atoms with Crippen LogP contribution < -0.4 is 4.74 Å². The summed E-state index contributed by atoms with van der Waals surface area (Å²) in [6, 6.07) is 6.19. The Labute approximate surface area is 125 Å². The Kier molecular flexibility index (Phi) is 4.17. The molecule has 1 aromatic carbocycles. The van der Waals surface area contributed by atoms with Crippen LogP contribution in [0.15, 0.2) is 41.0 Å². The summed E-state index contributed by atoms with van der Waals surface area (Å²) in [6.07, 6.45) is -3.54. The van der Waals surface area contributed by atoms with Gasteiger partial charge in [-0.25, -0.2) is 9.78 Å². The lowest BCUT2D eigenvalue weighted by Crippen LogP contribution is -2.09. The van der Waals surface area contributed by atoms with Crippen molar-refractivity contribution in [2.75, 3.05) is 0 Å². The zero-order valence-corrected chi connectivity index (χ0v) is 11.8. The van der Waals surface area contributed by atoms with Gasteiger partial charge in [-0.05, 0) is 34.1 Å². The highest BCUT2D eigenvalue weighted by atomic mass is 79.9. The molecule has 4 nitrogen and oxygen atoms in total. The molecule has 0 saturated carbocycles. The van der Waals surface area contributed by atoms with E-state index >= 15 is 0 Å². The molecule has 1 heterocycles. The van der Waals surface area contributed by atoms with Crippen molar-refractivity contribution in [1.29, 1.82) is 0 Å². The van der Waals surface area contributed by atoms with Crippen molar-refractivity contribution in [2.24, 2.45) is 0 Å². The van der Waals surface area contributed by atoms with Crippen LogP contribution in [0.4, 0.5) is 13.2 Å². The van der Waals surface area contributed by atoms with Gasteiger partial charge < -0.3 is 9.84 Å². The van der Waals surface area contributed by atoms with Crippen LogP contribution in [0, 0.1) is 0 Å². The van der Waals surface area contributed by atoms with Gasteiger partial charge in [0.05, 0.1) is 0 Å². The molecule has 0 aliphatic carbocycles. The average Bonchev–Trinajstić information content (AvgIpc) is 2.40. The lowest BCUT2D eigenvalue weighted by molar-refractivity contribution is -0.138.